The Hall–Kier alpha value is -3.23. The average Bonchev–Trinajstić information content (AvgIpc) is 3.22. The van der Waals surface area contributed by atoms with Gasteiger partial charge in [0.1, 0.15) is 0 Å². The molecule has 0 aliphatic carbocycles. The second-order valence-corrected chi connectivity index (χ2v) is 7.51. The summed E-state index contributed by atoms with van der Waals surface area (Å²) < 4.78 is 12.1. The normalized spacial score (nSPS) is 11.8. The molecule has 9 heteroatoms. The molecule has 0 unspecified atom stereocenters. The summed E-state index contributed by atoms with van der Waals surface area (Å²) in [5.74, 6) is 0.704. The van der Waals surface area contributed by atoms with Crippen LogP contribution in [-0.4, -0.2) is 27.7 Å². The number of carbonyl (C=O) groups is 1. The Morgan fingerprint density at radius 2 is 2.03 bits per heavy atom. The number of ether oxygens (including phenoxy) is 2. The minimum Gasteiger partial charge on any atom is -0.493 e. The third kappa shape index (κ3) is 3.85. The Kier molecular flexibility index (Phi) is 5.04. The van der Waals surface area contributed by atoms with E-state index < -0.39 is 5.97 Å². The number of hydrogen-bond donors (Lipinski definition) is 0. The molecule has 4 rings (SSSR count). The Balaban J connectivity index is 1.74. The van der Waals surface area contributed by atoms with E-state index in [1.54, 1.807) is 42.5 Å². The second-order valence-electron chi connectivity index (χ2n) is 6.06. The summed E-state index contributed by atoms with van der Waals surface area (Å²) in [6, 6.07) is 12.2. The number of carbonyl (C=O) groups excluding carboxylic acids is 1. The van der Waals surface area contributed by atoms with Gasteiger partial charge in [-0.3, -0.25) is 9.59 Å². The van der Waals surface area contributed by atoms with Crippen LogP contribution in [0.2, 0.25) is 5.02 Å². The highest BCUT2D eigenvalue weighted by Gasteiger charge is 2.13. The van der Waals surface area contributed by atoms with Crippen LogP contribution in [0.1, 0.15) is 12.5 Å². The molecule has 7 nitrogen and oxygen atoms in total. The van der Waals surface area contributed by atoms with Crippen LogP contribution in [0.25, 0.3) is 22.4 Å². The molecule has 146 valence electrons. The van der Waals surface area contributed by atoms with E-state index in [9.17, 15) is 9.59 Å². The first-order valence-corrected chi connectivity index (χ1v) is 9.68. The number of fused-ring (bicyclic) bond motifs is 1. The molecule has 4 aromatic rings. The molecule has 0 aliphatic rings. The molecule has 0 saturated heterocycles. The predicted molar refractivity (Wildman–Crippen MR) is 111 cm³/mol. The first kappa shape index (κ1) is 19.1. The van der Waals surface area contributed by atoms with Crippen molar-refractivity contribution in [2.45, 2.75) is 6.92 Å². The number of rotatable bonds is 4. The molecule has 0 spiro atoms. The minimum atomic E-state index is -0.442. The highest BCUT2D eigenvalue weighted by molar-refractivity contribution is 7.15. The van der Waals surface area contributed by atoms with Crippen LogP contribution < -0.4 is 19.6 Å². The Labute approximate surface area is 173 Å². The van der Waals surface area contributed by atoms with E-state index in [4.69, 9.17) is 21.1 Å². The van der Waals surface area contributed by atoms with Gasteiger partial charge in [-0.25, -0.2) is 0 Å². The van der Waals surface area contributed by atoms with Crippen molar-refractivity contribution in [2.24, 2.45) is 0 Å². The molecule has 0 amide bonds. The summed E-state index contributed by atoms with van der Waals surface area (Å²) in [5.41, 5.74) is 1.19. The van der Waals surface area contributed by atoms with Gasteiger partial charge in [-0.15, -0.1) is 5.10 Å². The zero-order valence-corrected chi connectivity index (χ0v) is 17.0. The van der Waals surface area contributed by atoms with E-state index in [1.165, 1.54) is 29.9 Å². The van der Waals surface area contributed by atoms with Gasteiger partial charge in [-0.2, -0.15) is 9.50 Å². The summed E-state index contributed by atoms with van der Waals surface area (Å²) in [6.45, 7) is 1.31. The monoisotopic (exact) mass is 427 g/mol. The molecule has 29 heavy (non-hydrogen) atoms. The third-order valence-corrected chi connectivity index (χ3v) is 5.20. The Bertz CT molecular complexity index is 1350. The van der Waals surface area contributed by atoms with Crippen molar-refractivity contribution in [3.05, 3.63) is 67.9 Å². The number of methoxy groups -OCH3 is 1. The van der Waals surface area contributed by atoms with Gasteiger partial charge in [-0.05, 0) is 35.9 Å². The van der Waals surface area contributed by atoms with E-state index in [2.05, 4.69) is 10.1 Å². The molecule has 2 heterocycles. The molecular weight excluding hydrogens is 414 g/mol. The number of nitrogens with zero attached hydrogens (tertiary/aromatic N) is 3. The lowest BCUT2D eigenvalue weighted by atomic mass is 10.2. The minimum absolute atomic E-state index is 0.270. The SMILES string of the molecule is COc1cc(/C=c2\sc3nc(-c4cccc(Cl)c4)nn3c2=O)ccc1OC(C)=O. The summed E-state index contributed by atoms with van der Waals surface area (Å²) in [6.07, 6.45) is 1.71. The first-order valence-electron chi connectivity index (χ1n) is 8.48. The molecule has 0 aliphatic heterocycles. The lowest BCUT2D eigenvalue weighted by Crippen LogP contribution is -2.23. The van der Waals surface area contributed by atoms with Crippen LogP contribution >= 0.6 is 22.9 Å². The van der Waals surface area contributed by atoms with Gasteiger partial charge in [0.25, 0.3) is 5.56 Å². The van der Waals surface area contributed by atoms with Gasteiger partial charge < -0.3 is 9.47 Å². The van der Waals surface area contributed by atoms with Crippen molar-refractivity contribution in [1.82, 2.24) is 14.6 Å². The van der Waals surface area contributed by atoms with Crippen LogP contribution in [0, 0.1) is 0 Å². The largest absolute Gasteiger partial charge is 0.493 e. The maximum atomic E-state index is 12.7. The van der Waals surface area contributed by atoms with Gasteiger partial charge in [0.05, 0.1) is 11.6 Å². The van der Waals surface area contributed by atoms with Gasteiger partial charge in [-0.1, -0.05) is 41.1 Å². The molecule has 0 atom stereocenters. The first-order chi connectivity index (χ1) is 13.9. The summed E-state index contributed by atoms with van der Waals surface area (Å²) >= 11 is 7.24. The number of aromatic nitrogens is 3. The predicted octanol–water partition coefficient (Wildman–Crippen LogP) is 2.95. The van der Waals surface area contributed by atoms with E-state index in [0.29, 0.717) is 31.8 Å². The standard InChI is InChI=1S/C20H14ClN3O4S/c1-11(25)28-15-7-6-12(8-16(15)27-2)9-17-19(26)24-20(29-17)22-18(23-24)13-4-3-5-14(21)10-13/h3-10H,1-2H3/b17-9-. The number of benzene rings is 2. The molecule has 0 bridgehead atoms. The van der Waals surface area contributed by atoms with E-state index in [-0.39, 0.29) is 5.56 Å². The lowest BCUT2D eigenvalue weighted by Gasteiger charge is -2.08. The number of esters is 1. The van der Waals surface area contributed by atoms with Gasteiger partial charge in [0.2, 0.25) is 4.96 Å². The van der Waals surface area contributed by atoms with Crippen LogP contribution in [0.15, 0.2) is 47.3 Å². The van der Waals surface area contributed by atoms with Crippen LogP contribution in [0.3, 0.4) is 0 Å². The molecule has 0 radical (unpaired) electrons. The lowest BCUT2D eigenvalue weighted by molar-refractivity contribution is -0.132. The molecule has 2 aromatic heterocycles. The van der Waals surface area contributed by atoms with Crippen LogP contribution in [0.4, 0.5) is 0 Å². The van der Waals surface area contributed by atoms with Crippen molar-refractivity contribution in [3.63, 3.8) is 0 Å². The van der Waals surface area contributed by atoms with Gasteiger partial charge in [0.15, 0.2) is 17.3 Å². The van der Waals surface area contributed by atoms with Crippen molar-refractivity contribution in [3.8, 4) is 22.9 Å². The maximum Gasteiger partial charge on any atom is 0.308 e. The summed E-state index contributed by atoms with van der Waals surface area (Å²) in [4.78, 5) is 28.8. The molecule has 0 saturated carbocycles. The zero-order chi connectivity index (χ0) is 20.5. The van der Waals surface area contributed by atoms with Crippen LogP contribution in [0.5, 0.6) is 11.5 Å². The fraction of sp³-hybridized carbons (Fsp3) is 0.100. The molecular formula is C20H14ClN3O4S. The molecule has 2 aromatic carbocycles. The molecule has 0 N–H and O–H groups in total. The quantitative estimate of drug-likeness (QED) is 0.368. The van der Waals surface area contributed by atoms with Crippen molar-refractivity contribution >= 4 is 39.9 Å². The van der Waals surface area contributed by atoms with Gasteiger partial charge >= 0.3 is 5.97 Å². The third-order valence-electron chi connectivity index (χ3n) is 4.00. The topological polar surface area (TPSA) is 82.8 Å². The van der Waals surface area contributed by atoms with Crippen LogP contribution in [-0.2, 0) is 4.79 Å². The van der Waals surface area contributed by atoms with Gasteiger partial charge in [0, 0.05) is 17.5 Å². The fourth-order valence-electron chi connectivity index (χ4n) is 2.75. The highest BCUT2D eigenvalue weighted by Crippen LogP contribution is 2.28. The zero-order valence-electron chi connectivity index (χ0n) is 15.4. The second kappa shape index (κ2) is 7.65. The Morgan fingerprint density at radius 1 is 1.21 bits per heavy atom. The van der Waals surface area contributed by atoms with Crippen molar-refractivity contribution < 1.29 is 14.3 Å². The number of hydrogen-bond acceptors (Lipinski definition) is 7. The number of halogens is 1. The maximum absolute atomic E-state index is 12.7. The Morgan fingerprint density at radius 3 is 2.72 bits per heavy atom. The summed E-state index contributed by atoms with van der Waals surface area (Å²) in [7, 11) is 1.48. The van der Waals surface area contributed by atoms with Crippen molar-refractivity contribution in [1.29, 1.82) is 0 Å². The summed E-state index contributed by atoms with van der Waals surface area (Å²) in [5, 5.41) is 4.88. The number of thiazole rings is 1. The molecule has 0 fully saturated rings. The van der Waals surface area contributed by atoms with Crippen molar-refractivity contribution in [2.75, 3.05) is 7.11 Å². The van der Waals surface area contributed by atoms with E-state index in [1.807, 2.05) is 6.07 Å². The highest BCUT2D eigenvalue weighted by atomic mass is 35.5. The average molecular weight is 428 g/mol. The smallest absolute Gasteiger partial charge is 0.308 e. The fourth-order valence-corrected chi connectivity index (χ4v) is 3.85. The van der Waals surface area contributed by atoms with E-state index >= 15 is 0 Å². The van der Waals surface area contributed by atoms with E-state index in [0.717, 1.165) is 11.1 Å².